The lowest BCUT2D eigenvalue weighted by Crippen LogP contribution is -2.29. The summed E-state index contributed by atoms with van der Waals surface area (Å²) in [5.74, 6) is 7.08. The molecule has 21 heavy (non-hydrogen) atoms. The lowest BCUT2D eigenvalue weighted by molar-refractivity contribution is 0.383. The summed E-state index contributed by atoms with van der Waals surface area (Å²) in [5.41, 5.74) is 4.52. The summed E-state index contributed by atoms with van der Waals surface area (Å²) in [4.78, 5) is 0. The van der Waals surface area contributed by atoms with E-state index >= 15 is 0 Å². The van der Waals surface area contributed by atoms with E-state index in [-0.39, 0.29) is 6.04 Å². The molecule has 0 amide bonds. The fraction of sp³-hybridized carbons (Fsp3) is 0.200. The summed E-state index contributed by atoms with van der Waals surface area (Å²) in [6, 6.07) is 11.0. The van der Waals surface area contributed by atoms with Crippen LogP contribution in [0.5, 0.6) is 11.5 Å². The van der Waals surface area contributed by atoms with Crippen LogP contribution in [-0.4, -0.2) is 14.2 Å². The molecule has 6 heteroatoms. The molecule has 112 valence electrons. The normalized spacial score (nSPS) is 12.0. The number of hydrogen-bond donors (Lipinski definition) is 2. The van der Waals surface area contributed by atoms with Crippen molar-refractivity contribution in [2.24, 2.45) is 5.84 Å². The molecule has 2 rings (SSSR count). The highest BCUT2D eigenvalue weighted by atomic mass is 79.9. The van der Waals surface area contributed by atoms with Gasteiger partial charge in [0, 0.05) is 10.6 Å². The number of hydrazine groups is 1. The Morgan fingerprint density at radius 3 is 2.38 bits per heavy atom. The van der Waals surface area contributed by atoms with Gasteiger partial charge in [-0.05, 0) is 39.7 Å². The van der Waals surface area contributed by atoms with Gasteiger partial charge in [-0.2, -0.15) is 0 Å². The van der Waals surface area contributed by atoms with Crippen LogP contribution in [-0.2, 0) is 0 Å². The Kier molecular flexibility index (Phi) is 5.47. The van der Waals surface area contributed by atoms with Gasteiger partial charge in [-0.25, -0.2) is 5.43 Å². The third kappa shape index (κ3) is 3.16. The van der Waals surface area contributed by atoms with Gasteiger partial charge in [0.15, 0.2) is 0 Å². The molecule has 0 radical (unpaired) electrons. The fourth-order valence-corrected chi connectivity index (χ4v) is 3.13. The van der Waals surface area contributed by atoms with Gasteiger partial charge in [-0.15, -0.1) is 0 Å². The monoisotopic (exact) mass is 370 g/mol. The van der Waals surface area contributed by atoms with Crippen molar-refractivity contribution in [2.45, 2.75) is 6.04 Å². The average Bonchev–Trinajstić information content (AvgIpc) is 2.50. The van der Waals surface area contributed by atoms with Gasteiger partial charge in [0.25, 0.3) is 0 Å². The SMILES string of the molecule is COc1ccc(C(NN)c2ccccc2Cl)c(OC)c1Br. The van der Waals surface area contributed by atoms with Crippen LogP contribution in [0.2, 0.25) is 5.02 Å². The molecule has 4 nitrogen and oxygen atoms in total. The number of halogens is 2. The second-order valence-corrected chi connectivity index (χ2v) is 5.53. The average molecular weight is 372 g/mol. The minimum Gasteiger partial charge on any atom is -0.495 e. The Morgan fingerprint density at radius 2 is 1.81 bits per heavy atom. The molecule has 0 spiro atoms. The summed E-state index contributed by atoms with van der Waals surface area (Å²) >= 11 is 9.76. The number of benzene rings is 2. The Morgan fingerprint density at radius 1 is 1.10 bits per heavy atom. The van der Waals surface area contributed by atoms with Crippen LogP contribution in [0.25, 0.3) is 0 Å². The van der Waals surface area contributed by atoms with E-state index in [9.17, 15) is 0 Å². The molecular formula is C15H16BrClN2O2. The number of nitrogens with two attached hydrogens (primary N) is 1. The molecule has 0 aromatic heterocycles. The van der Waals surface area contributed by atoms with Crippen molar-refractivity contribution in [1.82, 2.24) is 5.43 Å². The zero-order valence-corrected chi connectivity index (χ0v) is 14.0. The second kappa shape index (κ2) is 7.13. The van der Waals surface area contributed by atoms with Crippen molar-refractivity contribution in [1.29, 1.82) is 0 Å². The highest BCUT2D eigenvalue weighted by Gasteiger charge is 2.22. The lowest BCUT2D eigenvalue weighted by Gasteiger charge is -2.22. The summed E-state index contributed by atoms with van der Waals surface area (Å²) in [6.07, 6.45) is 0. The van der Waals surface area contributed by atoms with Gasteiger partial charge >= 0.3 is 0 Å². The first kappa shape index (κ1) is 16.1. The van der Waals surface area contributed by atoms with Gasteiger partial charge < -0.3 is 9.47 Å². The molecule has 0 aliphatic rings. The first-order valence-electron chi connectivity index (χ1n) is 6.25. The number of nitrogens with one attached hydrogen (secondary N) is 1. The van der Waals surface area contributed by atoms with Gasteiger partial charge in [-0.3, -0.25) is 5.84 Å². The van der Waals surface area contributed by atoms with Gasteiger partial charge in [0.05, 0.1) is 20.3 Å². The van der Waals surface area contributed by atoms with Crippen molar-refractivity contribution >= 4 is 27.5 Å². The Labute approximate surface area is 137 Å². The van der Waals surface area contributed by atoms with E-state index in [1.54, 1.807) is 14.2 Å². The molecule has 0 aliphatic carbocycles. The third-order valence-electron chi connectivity index (χ3n) is 3.21. The number of hydrogen-bond acceptors (Lipinski definition) is 4. The number of ether oxygens (including phenoxy) is 2. The van der Waals surface area contributed by atoms with Crippen LogP contribution < -0.4 is 20.7 Å². The summed E-state index contributed by atoms with van der Waals surface area (Å²) in [7, 11) is 3.20. The van der Waals surface area contributed by atoms with Crippen LogP contribution in [0.15, 0.2) is 40.9 Å². The minimum absolute atomic E-state index is 0.296. The topological polar surface area (TPSA) is 56.5 Å². The maximum atomic E-state index is 6.27. The molecule has 0 fully saturated rings. The van der Waals surface area contributed by atoms with Crippen molar-refractivity contribution < 1.29 is 9.47 Å². The van der Waals surface area contributed by atoms with E-state index in [1.165, 1.54) is 0 Å². The first-order chi connectivity index (χ1) is 10.1. The molecule has 2 aromatic carbocycles. The molecule has 1 atom stereocenters. The Bertz CT molecular complexity index is 637. The second-order valence-electron chi connectivity index (χ2n) is 4.33. The van der Waals surface area contributed by atoms with Crippen LogP contribution in [0.1, 0.15) is 17.2 Å². The number of methoxy groups -OCH3 is 2. The standard InChI is InChI=1S/C15H16BrClN2O2/c1-20-12-8-7-10(15(21-2)13(12)16)14(19-18)9-5-3-4-6-11(9)17/h3-8,14,19H,18H2,1-2H3. The van der Waals surface area contributed by atoms with Crippen molar-refractivity contribution in [3.8, 4) is 11.5 Å². The maximum Gasteiger partial charge on any atom is 0.141 e. The number of rotatable bonds is 5. The molecule has 0 heterocycles. The minimum atomic E-state index is -0.296. The molecule has 0 bridgehead atoms. The van der Waals surface area contributed by atoms with Crippen LogP contribution in [0, 0.1) is 0 Å². The van der Waals surface area contributed by atoms with Crippen LogP contribution in [0.4, 0.5) is 0 Å². The lowest BCUT2D eigenvalue weighted by atomic mass is 9.98. The van der Waals surface area contributed by atoms with Gasteiger partial charge in [-0.1, -0.05) is 29.8 Å². The summed E-state index contributed by atoms with van der Waals surface area (Å²) in [5, 5.41) is 0.634. The van der Waals surface area contributed by atoms with Crippen LogP contribution in [0.3, 0.4) is 0 Å². The molecule has 0 saturated carbocycles. The highest BCUT2D eigenvalue weighted by molar-refractivity contribution is 9.10. The molecule has 1 unspecified atom stereocenters. The van der Waals surface area contributed by atoms with E-state index < -0.39 is 0 Å². The zero-order chi connectivity index (χ0) is 15.4. The molecule has 0 aliphatic heterocycles. The third-order valence-corrected chi connectivity index (χ3v) is 4.31. The summed E-state index contributed by atoms with van der Waals surface area (Å²) in [6.45, 7) is 0. The largest absolute Gasteiger partial charge is 0.495 e. The van der Waals surface area contributed by atoms with E-state index in [0.717, 1.165) is 15.6 Å². The Hall–Kier alpha value is -1.27. The van der Waals surface area contributed by atoms with Crippen molar-refractivity contribution in [3.05, 3.63) is 57.0 Å². The summed E-state index contributed by atoms with van der Waals surface area (Å²) < 4.78 is 11.5. The van der Waals surface area contributed by atoms with E-state index in [2.05, 4.69) is 21.4 Å². The Balaban J connectivity index is 2.58. The molecule has 2 aromatic rings. The predicted octanol–water partition coefficient (Wildman–Crippen LogP) is 3.67. The maximum absolute atomic E-state index is 6.27. The van der Waals surface area contributed by atoms with E-state index in [1.807, 2.05) is 36.4 Å². The zero-order valence-electron chi connectivity index (χ0n) is 11.7. The first-order valence-corrected chi connectivity index (χ1v) is 7.42. The molecular weight excluding hydrogens is 356 g/mol. The van der Waals surface area contributed by atoms with Crippen molar-refractivity contribution in [2.75, 3.05) is 14.2 Å². The van der Waals surface area contributed by atoms with Crippen LogP contribution >= 0.6 is 27.5 Å². The van der Waals surface area contributed by atoms with Crippen molar-refractivity contribution in [3.63, 3.8) is 0 Å². The molecule has 3 N–H and O–H groups in total. The van der Waals surface area contributed by atoms with Gasteiger partial charge in [0.1, 0.15) is 16.0 Å². The smallest absolute Gasteiger partial charge is 0.141 e. The van der Waals surface area contributed by atoms with E-state index in [0.29, 0.717) is 16.5 Å². The highest BCUT2D eigenvalue weighted by Crippen LogP contribution is 2.41. The van der Waals surface area contributed by atoms with Gasteiger partial charge in [0.2, 0.25) is 0 Å². The predicted molar refractivity (Wildman–Crippen MR) is 87.9 cm³/mol. The quantitative estimate of drug-likeness (QED) is 0.622. The molecule has 0 saturated heterocycles. The fourth-order valence-electron chi connectivity index (χ4n) is 2.20. The van der Waals surface area contributed by atoms with E-state index in [4.69, 9.17) is 26.9 Å².